The van der Waals surface area contributed by atoms with Gasteiger partial charge in [-0.2, -0.15) is 5.10 Å². The highest BCUT2D eigenvalue weighted by Crippen LogP contribution is 2.30. The van der Waals surface area contributed by atoms with Crippen LogP contribution in [0.5, 0.6) is 0 Å². The third-order valence-electron chi connectivity index (χ3n) is 4.41. The lowest BCUT2D eigenvalue weighted by molar-refractivity contribution is 0.0955. The lowest BCUT2D eigenvalue weighted by Crippen LogP contribution is -2.21. The summed E-state index contributed by atoms with van der Waals surface area (Å²) in [6.07, 6.45) is 0. The van der Waals surface area contributed by atoms with E-state index >= 15 is 0 Å². The van der Waals surface area contributed by atoms with E-state index in [4.69, 9.17) is 0 Å². The molecule has 0 radical (unpaired) electrons. The summed E-state index contributed by atoms with van der Waals surface area (Å²) >= 11 is 1.42. The Morgan fingerprint density at radius 2 is 1.81 bits per heavy atom. The number of hydrogen-bond donors (Lipinski definition) is 1. The lowest BCUT2D eigenvalue weighted by Gasteiger charge is -2.04. The van der Waals surface area contributed by atoms with Crippen LogP contribution in [0, 0.1) is 19.7 Å². The normalized spacial score (nSPS) is 11.1. The van der Waals surface area contributed by atoms with Crippen molar-refractivity contribution in [3.63, 3.8) is 0 Å². The smallest absolute Gasteiger partial charge is 0.261 e. The van der Waals surface area contributed by atoms with Crippen molar-refractivity contribution in [2.75, 3.05) is 0 Å². The van der Waals surface area contributed by atoms with E-state index in [1.54, 1.807) is 12.1 Å². The number of amides is 1. The van der Waals surface area contributed by atoms with Crippen LogP contribution in [0.15, 0.2) is 54.6 Å². The molecular weight excluding hydrogens is 361 g/mol. The first-order chi connectivity index (χ1) is 13.0. The van der Waals surface area contributed by atoms with Crippen LogP contribution in [0.2, 0.25) is 0 Å². The maximum atomic E-state index is 13.0. The van der Waals surface area contributed by atoms with Crippen LogP contribution in [0.1, 0.15) is 26.5 Å². The zero-order valence-corrected chi connectivity index (χ0v) is 15.8. The molecule has 27 heavy (non-hydrogen) atoms. The van der Waals surface area contributed by atoms with E-state index in [0.29, 0.717) is 11.4 Å². The SMILES string of the molecule is Cc1ccc(-n2nc(C)c3cc(C(=O)NCc4ccc(F)cc4)sc32)cc1. The largest absolute Gasteiger partial charge is 0.347 e. The summed E-state index contributed by atoms with van der Waals surface area (Å²) in [5.74, 6) is -0.430. The fourth-order valence-electron chi connectivity index (χ4n) is 2.89. The summed E-state index contributed by atoms with van der Waals surface area (Å²) in [5.41, 5.74) is 3.90. The summed E-state index contributed by atoms with van der Waals surface area (Å²) in [7, 11) is 0. The number of carbonyl (C=O) groups excluding carboxylic acids is 1. The third-order valence-corrected chi connectivity index (χ3v) is 5.52. The Labute approximate surface area is 160 Å². The minimum Gasteiger partial charge on any atom is -0.347 e. The van der Waals surface area contributed by atoms with Crippen molar-refractivity contribution in [3.8, 4) is 5.69 Å². The lowest BCUT2D eigenvalue weighted by atomic mass is 10.2. The van der Waals surface area contributed by atoms with Crippen molar-refractivity contribution >= 4 is 27.5 Å². The van der Waals surface area contributed by atoms with Gasteiger partial charge in [0.1, 0.15) is 10.6 Å². The molecule has 1 N–H and O–H groups in total. The number of halogens is 1. The van der Waals surface area contributed by atoms with E-state index in [0.717, 1.165) is 27.2 Å². The van der Waals surface area contributed by atoms with Crippen molar-refractivity contribution < 1.29 is 9.18 Å². The maximum absolute atomic E-state index is 13.0. The first kappa shape index (κ1) is 17.4. The molecule has 1 amide bonds. The van der Waals surface area contributed by atoms with Gasteiger partial charge in [-0.05, 0) is 49.7 Å². The minimum absolute atomic E-state index is 0.143. The van der Waals surface area contributed by atoms with Crippen LogP contribution in [-0.4, -0.2) is 15.7 Å². The van der Waals surface area contributed by atoms with Crippen molar-refractivity contribution in [1.29, 1.82) is 0 Å². The van der Waals surface area contributed by atoms with Gasteiger partial charge in [0.15, 0.2) is 0 Å². The zero-order valence-electron chi connectivity index (χ0n) is 15.0. The molecule has 2 aromatic heterocycles. The number of hydrogen-bond acceptors (Lipinski definition) is 3. The zero-order chi connectivity index (χ0) is 19.0. The third kappa shape index (κ3) is 3.48. The Hall–Kier alpha value is -2.99. The first-order valence-electron chi connectivity index (χ1n) is 8.60. The number of aryl methyl sites for hydroxylation is 2. The van der Waals surface area contributed by atoms with Crippen LogP contribution in [0.25, 0.3) is 15.9 Å². The second kappa shape index (κ2) is 6.96. The predicted molar refractivity (Wildman–Crippen MR) is 106 cm³/mol. The van der Waals surface area contributed by atoms with Gasteiger partial charge in [-0.15, -0.1) is 11.3 Å². The van der Waals surface area contributed by atoms with E-state index in [9.17, 15) is 9.18 Å². The van der Waals surface area contributed by atoms with Crippen LogP contribution in [0.3, 0.4) is 0 Å². The molecule has 4 aromatic rings. The quantitative estimate of drug-likeness (QED) is 0.555. The average molecular weight is 379 g/mol. The molecule has 2 aromatic carbocycles. The number of fused-ring (bicyclic) bond motifs is 1. The average Bonchev–Trinajstić information content (AvgIpc) is 3.23. The fraction of sp³-hybridized carbons (Fsp3) is 0.143. The molecule has 0 saturated heterocycles. The number of nitrogens with zero attached hydrogens (tertiary/aromatic N) is 2. The fourth-order valence-corrected chi connectivity index (χ4v) is 3.99. The molecule has 0 fully saturated rings. The number of rotatable bonds is 4. The summed E-state index contributed by atoms with van der Waals surface area (Å²) in [6, 6.07) is 16.1. The van der Waals surface area contributed by atoms with Crippen molar-refractivity contribution in [3.05, 3.63) is 82.1 Å². The van der Waals surface area contributed by atoms with Crippen LogP contribution in [-0.2, 0) is 6.54 Å². The monoisotopic (exact) mass is 379 g/mol. The Bertz CT molecular complexity index is 1110. The van der Waals surface area contributed by atoms with Gasteiger partial charge in [0.25, 0.3) is 5.91 Å². The van der Waals surface area contributed by atoms with E-state index < -0.39 is 0 Å². The molecule has 0 aliphatic carbocycles. The van der Waals surface area contributed by atoms with Crippen LogP contribution < -0.4 is 5.32 Å². The van der Waals surface area contributed by atoms with E-state index in [-0.39, 0.29) is 11.7 Å². The predicted octanol–water partition coefficient (Wildman–Crippen LogP) is 4.77. The molecule has 4 nitrogen and oxygen atoms in total. The van der Waals surface area contributed by atoms with Gasteiger partial charge in [0.05, 0.1) is 16.3 Å². The maximum Gasteiger partial charge on any atom is 0.261 e. The van der Waals surface area contributed by atoms with Crippen LogP contribution in [0.4, 0.5) is 4.39 Å². The summed E-state index contributed by atoms with van der Waals surface area (Å²) < 4.78 is 14.9. The molecule has 0 bridgehead atoms. The van der Waals surface area contributed by atoms with Gasteiger partial charge in [-0.3, -0.25) is 4.79 Å². The Morgan fingerprint density at radius 3 is 2.52 bits per heavy atom. The second-order valence-electron chi connectivity index (χ2n) is 6.47. The summed E-state index contributed by atoms with van der Waals surface area (Å²) in [6.45, 7) is 4.35. The molecule has 2 heterocycles. The molecule has 0 spiro atoms. The Kier molecular flexibility index (Phi) is 4.49. The molecule has 6 heteroatoms. The Morgan fingerprint density at radius 1 is 1.11 bits per heavy atom. The molecule has 136 valence electrons. The standard InChI is InChI=1S/C21H18FN3OS/c1-13-3-9-17(10-4-13)25-21-18(14(2)24-25)11-19(27-21)20(26)23-12-15-5-7-16(22)8-6-15/h3-11H,12H2,1-2H3,(H,23,26). The molecule has 4 rings (SSSR count). The molecule has 0 aliphatic heterocycles. The van der Waals surface area contributed by atoms with Gasteiger partial charge in [-0.1, -0.05) is 29.8 Å². The second-order valence-corrected chi connectivity index (χ2v) is 7.50. The van der Waals surface area contributed by atoms with E-state index in [1.165, 1.54) is 29.0 Å². The number of aromatic nitrogens is 2. The summed E-state index contributed by atoms with van der Waals surface area (Å²) in [4.78, 5) is 14.1. The van der Waals surface area contributed by atoms with E-state index in [2.05, 4.69) is 10.4 Å². The molecule has 0 unspecified atom stereocenters. The number of thiophene rings is 1. The van der Waals surface area contributed by atoms with Gasteiger partial charge in [0, 0.05) is 11.9 Å². The topological polar surface area (TPSA) is 46.9 Å². The van der Waals surface area contributed by atoms with E-state index in [1.807, 2.05) is 48.9 Å². The number of carbonyl (C=O) groups is 1. The molecule has 0 aliphatic rings. The van der Waals surface area contributed by atoms with Gasteiger partial charge in [-0.25, -0.2) is 9.07 Å². The summed E-state index contributed by atoms with van der Waals surface area (Å²) in [5, 5.41) is 8.48. The molecular formula is C21H18FN3OS. The number of nitrogens with one attached hydrogen (secondary N) is 1. The van der Waals surface area contributed by atoms with Gasteiger partial charge in [0.2, 0.25) is 0 Å². The highest BCUT2D eigenvalue weighted by atomic mass is 32.1. The Balaban J connectivity index is 1.59. The first-order valence-corrected chi connectivity index (χ1v) is 9.42. The van der Waals surface area contributed by atoms with Crippen molar-refractivity contribution in [2.45, 2.75) is 20.4 Å². The minimum atomic E-state index is -0.286. The van der Waals surface area contributed by atoms with Crippen LogP contribution >= 0.6 is 11.3 Å². The molecule has 0 atom stereocenters. The van der Waals surface area contributed by atoms with Gasteiger partial charge >= 0.3 is 0 Å². The molecule has 0 saturated carbocycles. The highest BCUT2D eigenvalue weighted by molar-refractivity contribution is 7.20. The highest BCUT2D eigenvalue weighted by Gasteiger charge is 2.17. The van der Waals surface area contributed by atoms with Crippen molar-refractivity contribution in [2.24, 2.45) is 0 Å². The van der Waals surface area contributed by atoms with Crippen molar-refractivity contribution in [1.82, 2.24) is 15.1 Å². The number of benzene rings is 2. The van der Waals surface area contributed by atoms with Gasteiger partial charge < -0.3 is 5.32 Å².